The van der Waals surface area contributed by atoms with Crippen LogP contribution >= 0.6 is 27.5 Å². The van der Waals surface area contributed by atoms with Crippen molar-refractivity contribution >= 4 is 37.6 Å². The van der Waals surface area contributed by atoms with E-state index in [-0.39, 0.29) is 16.1 Å². The first-order valence-corrected chi connectivity index (χ1v) is 7.87. The highest BCUT2D eigenvalue weighted by molar-refractivity contribution is 9.10. The maximum absolute atomic E-state index is 12.1. The molecule has 0 atom stereocenters. The Labute approximate surface area is 114 Å². The maximum atomic E-state index is 12.1. The molecule has 1 heterocycles. The average Bonchev–Trinajstić information content (AvgIpc) is 2.19. The van der Waals surface area contributed by atoms with E-state index in [1.165, 1.54) is 12.3 Å². The fourth-order valence-corrected chi connectivity index (χ4v) is 4.08. The first kappa shape index (κ1) is 13.3. The van der Waals surface area contributed by atoms with E-state index in [9.17, 15) is 8.42 Å². The van der Waals surface area contributed by atoms with Gasteiger partial charge in [-0.15, -0.1) is 0 Å². The van der Waals surface area contributed by atoms with Gasteiger partial charge >= 0.3 is 0 Å². The van der Waals surface area contributed by atoms with Crippen LogP contribution in [0.4, 0.5) is 0 Å². The second-order valence-electron chi connectivity index (χ2n) is 4.34. The largest absolute Gasteiger partial charge is 0.243 e. The molecule has 0 spiro atoms. The van der Waals surface area contributed by atoms with E-state index in [0.29, 0.717) is 10.4 Å². The molecule has 0 aliphatic heterocycles. The van der Waals surface area contributed by atoms with Gasteiger partial charge in [-0.2, -0.15) is 0 Å². The van der Waals surface area contributed by atoms with Gasteiger partial charge in [0, 0.05) is 16.7 Å². The molecule has 1 aromatic heterocycles. The van der Waals surface area contributed by atoms with E-state index in [1.807, 2.05) is 0 Å². The Morgan fingerprint density at radius 1 is 1.53 bits per heavy atom. The number of nitrogens with zero attached hydrogens (tertiary/aromatic N) is 1. The molecule has 1 aliphatic rings. The van der Waals surface area contributed by atoms with Crippen LogP contribution in [0.2, 0.25) is 5.15 Å². The first-order valence-electron chi connectivity index (χ1n) is 5.22. The molecule has 0 amide bonds. The van der Waals surface area contributed by atoms with Gasteiger partial charge in [0.1, 0.15) is 10.0 Å². The molecule has 1 fully saturated rings. The van der Waals surface area contributed by atoms with Crippen molar-refractivity contribution in [2.24, 2.45) is 5.92 Å². The molecule has 0 unspecified atom stereocenters. The van der Waals surface area contributed by atoms with Gasteiger partial charge in [0.2, 0.25) is 10.0 Å². The van der Waals surface area contributed by atoms with Crippen LogP contribution in [-0.4, -0.2) is 19.4 Å². The Bertz CT molecular complexity index is 529. The molecular weight excluding hydrogens is 328 g/mol. The quantitative estimate of drug-likeness (QED) is 0.861. The van der Waals surface area contributed by atoms with Crippen molar-refractivity contribution in [1.82, 2.24) is 9.71 Å². The summed E-state index contributed by atoms with van der Waals surface area (Å²) in [5.74, 6) is 0.582. The Balaban J connectivity index is 2.22. The van der Waals surface area contributed by atoms with E-state index in [4.69, 9.17) is 11.6 Å². The van der Waals surface area contributed by atoms with Crippen molar-refractivity contribution in [3.05, 3.63) is 21.9 Å². The zero-order valence-corrected chi connectivity index (χ0v) is 12.3. The molecule has 0 aromatic carbocycles. The number of hydrogen-bond acceptors (Lipinski definition) is 3. The van der Waals surface area contributed by atoms with Crippen molar-refractivity contribution in [3.8, 4) is 0 Å². The van der Waals surface area contributed by atoms with E-state index >= 15 is 0 Å². The normalized spacial score (nSPS) is 24.4. The third-order valence-corrected chi connectivity index (χ3v) is 5.14. The smallest absolute Gasteiger partial charge is 0.242 e. The molecule has 0 saturated heterocycles. The highest BCUT2D eigenvalue weighted by atomic mass is 79.9. The second-order valence-corrected chi connectivity index (χ2v) is 7.29. The summed E-state index contributed by atoms with van der Waals surface area (Å²) in [6.07, 6.45) is 3.21. The van der Waals surface area contributed by atoms with Gasteiger partial charge in [-0.05, 0) is 40.8 Å². The fraction of sp³-hybridized carbons (Fsp3) is 0.500. The summed E-state index contributed by atoms with van der Waals surface area (Å²) in [5.41, 5.74) is 0. The predicted molar refractivity (Wildman–Crippen MR) is 69.5 cm³/mol. The number of sulfonamides is 1. The molecule has 1 saturated carbocycles. The highest BCUT2D eigenvalue weighted by Crippen LogP contribution is 2.29. The lowest BCUT2D eigenvalue weighted by atomic mass is 9.83. The Kier molecular flexibility index (Phi) is 3.77. The minimum Gasteiger partial charge on any atom is -0.242 e. The SMILES string of the molecule is CC1CC(NS(=O)(=O)c2cc(Br)cnc2Cl)C1. The van der Waals surface area contributed by atoms with Crippen LogP contribution in [0.15, 0.2) is 21.6 Å². The number of hydrogen-bond donors (Lipinski definition) is 1. The minimum atomic E-state index is -3.57. The Hall–Kier alpha value is -0.170. The van der Waals surface area contributed by atoms with Gasteiger partial charge in [0.25, 0.3) is 0 Å². The number of nitrogens with one attached hydrogen (secondary N) is 1. The summed E-state index contributed by atoms with van der Waals surface area (Å²) < 4.78 is 27.3. The predicted octanol–water partition coefficient (Wildman–Crippen LogP) is 2.57. The van der Waals surface area contributed by atoms with Crippen molar-refractivity contribution in [2.45, 2.75) is 30.7 Å². The molecule has 1 aliphatic carbocycles. The number of rotatable bonds is 3. The minimum absolute atomic E-state index is 0.00641. The number of aromatic nitrogens is 1. The molecule has 1 aromatic rings. The molecular formula is C10H12BrClN2O2S. The van der Waals surface area contributed by atoms with Crippen LogP contribution in [0.25, 0.3) is 0 Å². The van der Waals surface area contributed by atoms with Gasteiger partial charge in [-0.3, -0.25) is 0 Å². The van der Waals surface area contributed by atoms with E-state index in [0.717, 1.165) is 12.8 Å². The van der Waals surface area contributed by atoms with Gasteiger partial charge < -0.3 is 0 Å². The summed E-state index contributed by atoms with van der Waals surface area (Å²) in [5, 5.41) is -0.00641. The number of halogens is 2. The standard InChI is InChI=1S/C10H12BrClN2O2S/c1-6-2-8(3-6)14-17(15,16)9-4-7(11)5-13-10(9)12/h4-6,8,14H,2-3H2,1H3. The third-order valence-electron chi connectivity index (χ3n) is 2.76. The zero-order valence-electron chi connectivity index (χ0n) is 9.15. The average molecular weight is 340 g/mol. The lowest BCUT2D eigenvalue weighted by Gasteiger charge is -2.32. The van der Waals surface area contributed by atoms with Gasteiger partial charge in [0.05, 0.1) is 0 Å². The summed E-state index contributed by atoms with van der Waals surface area (Å²) in [6, 6.07) is 1.48. The summed E-state index contributed by atoms with van der Waals surface area (Å²) >= 11 is 8.99. The molecule has 4 nitrogen and oxygen atoms in total. The van der Waals surface area contributed by atoms with Crippen LogP contribution < -0.4 is 4.72 Å². The van der Waals surface area contributed by atoms with Crippen molar-refractivity contribution in [1.29, 1.82) is 0 Å². The lowest BCUT2D eigenvalue weighted by Crippen LogP contribution is -2.43. The first-order chi connectivity index (χ1) is 7.88. The molecule has 94 valence electrons. The molecule has 7 heteroatoms. The van der Waals surface area contributed by atoms with Crippen molar-refractivity contribution in [3.63, 3.8) is 0 Å². The second kappa shape index (κ2) is 4.84. The monoisotopic (exact) mass is 338 g/mol. The van der Waals surface area contributed by atoms with Gasteiger partial charge in [-0.25, -0.2) is 18.1 Å². The van der Waals surface area contributed by atoms with Gasteiger partial charge in [0.15, 0.2) is 0 Å². The topological polar surface area (TPSA) is 59.1 Å². The summed E-state index contributed by atoms with van der Waals surface area (Å²) in [6.45, 7) is 2.10. The fourth-order valence-electron chi connectivity index (χ4n) is 1.87. The lowest BCUT2D eigenvalue weighted by molar-refractivity contribution is 0.270. The molecule has 0 radical (unpaired) electrons. The molecule has 1 N–H and O–H groups in total. The van der Waals surface area contributed by atoms with Crippen molar-refractivity contribution < 1.29 is 8.42 Å². The maximum Gasteiger partial charge on any atom is 0.243 e. The third kappa shape index (κ3) is 2.99. The van der Waals surface area contributed by atoms with Crippen LogP contribution in [-0.2, 0) is 10.0 Å². The molecule has 2 rings (SSSR count). The summed E-state index contributed by atoms with van der Waals surface area (Å²) in [7, 11) is -3.57. The molecule has 0 bridgehead atoms. The zero-order chi connectivity index (χ0) is 12.6. The van der Waals surface area contributed by atoms with E-state index < -0.39 is 10.0 Å². The van der Waals surface area contributed by atoms with Crippen LogP contribution in [0.5, 0.6) is 0 Å². The Morgan fingerprint density at radius 3 is 2.76 bits per heavy atom. The van der Waals surface area contributed by atoms with Gasteiger partial charge in [-0.1, -0.05) is 18.5 Å². The highest BCUT2D eigenvalue weighted by Gasteiger charge is 2.31. The van der Waals surface area contributed by atoms with Crippen molar-refractivity contribution in [2.75, 3.05) is 0 Å². The Morgan fingerprint density at radius 2 is 2.18 bits per heavy atom. The van der Waals surface area contributed by atoms with Crippen LogP contribution in [0.3, 0.4) is 0 Å². The van der Waals surface area contributed by atoms with E-state index in [2.05, 4.69) is 32.6 Å². The van der Waals surface area contributed by atoms with Crippen LogP contribution in [0, 0.1) is 5.92 Å². The van der Waals surface area contributed by atoms with Crippen LogP contribution in [0.1, 0.15) is 19.8 Å². The van der Waals surface area contributed by atoms with E-state index in [1.54, 1.807) is 0 Å². The molecule has 17 heavy (non-hydrogen) atoms. The summed E-state index contributed by atoms with van der Waals surface area (Å²) in [4.78, 5) is 3.83. The number of pyridine rings is 1.